The topological polar surface area (TPSA) is 70.1 Å². The Hall–Kier alpha value is -3.61. The molecule has 1 amide bonds. The maximum atomic E-state index is 13.3. The first kappa shape index (κ1) is 27.4. The van der Waals surface area contributed by atoms with Crippen molar-refractivity contribution in [3.63, 3.8) is 0 Å². The summed E-state index contributed by atoms with van der Waals surface area (Å²) in [6.07, 6.45) is 0. The molecule has 1 N–H and O–H groups in total. The number of carbonyl (C=O) groups excluding carboxylic acids is 2. The van der Waals surface area contributed by atoms with Crippen LogP contribution < -0.4 is 4.74 Å². The first-order valence-corrected chi connectivity index (χ1v) is 13.2. The van der Waals surface area contributed by atoms with E-state index in [0.717, 1.165) is 24.2 Å². The van der Waals surface area contributed by atoms with Crippen LogP contribution in [0.25, 0.3) is 5.76 Å². The van der Waals surface area contributed by atoms with Crippen molar-refractivity contribution < 1.29 is 19.4 Å². The fourth-order valence-electron chi connectivity index (χ4n) is 4.76. The highest BCUT2D eigenvalue weighted by atomic mass is 35.5. The molecular weight excluding hydrogens is 500 g/mol. The molecule has 0 aliphatic carbocycles. The highest BCUT2D eigenvalue weighted by Gasteiger charge is 2.46. The van der Waals surface area contributed by atoms with Crippen LogP contribution in [-0.4, -0.2) is 52.8 Å². The number of Topliss-reactive ketones (excluding diaryl/α,β-unsaturated/α-hetero) is 1. The van der Waals surface area contributed by atoms with E-state index in [9.17, 15) is 14.7 Å². The summed E-state index contributed by atoms with van der Waals surface area (Å²) < 4.78 is 5.90. The van der Waals surface area contributed by atoms with Gasteiger partial charge in [-0.3, -0.25) is 9.59 Å². The van der Waals surface area contributed by atoms with Gasteiger partial charge in [-0.05, 0) is 67.5 Å². The number of ketones is 1. The maximum absolute atomic E-state index is 13.3. The summed E-state index contributed by atoms with van der Waals surface area (Å²) in [5, 5.41) is 11.8. The molecule has 1 aliphatic heterocycles. The number of hydrogen-bond donors (Lipinski definition) is 1. The zero-order valence-electron chi connectivity index (χ0n) is 22.0. The van der Waals surface area contributed by atoms with Gasteiger partial charge >= 0.3 is 0 Å². The van der Waals surface area contributed by atoms with Gasteiger partial charge in [0.1, 0.15) is 18.1 Å². The van der Waals surface area contributed by atoms with Gasteiger partial charge in [0.2, 0.25) is 0 Å². The number of aryl methyl sites for hydroxylation is 1. The van der Waals surface area contributed by atoms with E-state index in [1.54, 1.807) is 42.5 Å². The Labute approximate surface area is 229 Å². The lowest BCUT2D eigenvalue weighted by Gasteiger charge is -2.28. The molecule has 1 atom stereocenters. The third kappa shape index (κ3) is 6.09. The fraction of sp³-hybridized carbons (Fsp3) is 0.290. The molecule has 38 heavy (non-hydrogen) atoms. The van der Waals surface area contributed by atoms with Crippen LogP contribution in [0.3, 0.4) is 0 Å². The smallest absolute Gasteiger partial charge is 0.295 e. The first-order chi connectivity index (χ1) is 18.3. The average molecular weight is 533 g/mol. The summed E-state index contributed by atoms with van der Waals surface area (Å²) in [5.74, 6) is -0.911. The number of amides is 1. The van der Waals surface area contributed by atoms with Gasteiger partial charge in [-0.15, -0.1) is 0 Å². The van der Waals surface area contributed by atoms with Gasteiger partial charge in [0.05, 0.1) is 11.6 Å². The van der Waals surface area contributed by atoms with E-state index in [1.807, 2.05) is 31.2 Å². The fourth-order valence-corrected chi connectivity index (χ4v) is 4.95. The zero-order valence-corrected chi connectivity index (χ0v) is 22.7. The number of aliphatic hydroxyl groups is 1. The van der Waals surface area contributed by atoms with E-state index < -0.39 is 17.7 Å². The van der Waals surface area contributed by atoms with Crippen LogP contribution in [0.5, 0.6) is 5.75 Å². The van der Waals surface area contributed by atoms with Crippen LogP contribution in [0.15, 0.2) is 78.4 Å². The Morgan fingerprint density at radius 3 is 2.37 bits per heavy atom. The highest BCUT2D eigenvalue weighted by Crippen LogP contribution is 2.40. The van der Waals surface area contributed by atoms with Gasteiger partial charge in [-0.2, -0.15) is 0 Å². The van der Waals surface area contributed by atoms with Crippen LogP contribution in [0.1, 0.15) is 42.1 Å². The highest BCUT2D eigenvalue weighted by molar-refractivity contribution is 6.46. The van der Waals surface area contributed by atoms with Crippen LogP contribution in [-0.2, 0) is 16.2 Å². The quantitative estimate of drug-likeness (QED) is 0.197. The Balaban J connectivity index is 1.64. The van der Waals surface area contributed by atoms with Crippen molar-refractivity contribution in [2.75, 3.05) is 26.2 Å². The molecule has 0 bridgehead atoms. The van der Waals surface area contributed by atoms with Crippen LogP contribution in [0, 0.1) is 6.92 Å². The largest absolute Gasteiger partial charge is 0.507 e. The minimum atomic E-state index is -0.735. The van der Waals surface area contributed by atoms with E-state index in [2.05, 4.69) is 24.8 Å². The molecule has 0 saturated carbocycles. The third-order valence-electron chi connectivity index (χ3n) is 6.87. The molecule has 4 rings (SSSR count). The minimum absolute atomic E-state index is 0.0604. The Bertz CT molecular complexity index is 1330. The summed E-state index contributed by atoms with van der Waals surface area (Å²) in [4.78, 5) is 30.1. The van der Waals surface area contributed by atoms with Crippen LogP contribution in [0.4, 0.5) is 0 Å². The Morgan fingerprint density at radius 1 is 1.00 bits per heavy atom. The number of hydrogen-bond acceptors (Lipinski definition) is 5. The molecule has 0 aromatic heterocycles. The average Bonchev–Trinajstić information content (AvgIpc) is 3.17. The Morgan fingerprint density at radius 2 is 1.71 bits per heavy atom. The molecule has 3 aromatic rings. The van der Waals surface area contributed by atoms with E-state index in [0.29, 0.717) is 41.6 Å². The monoisotopic (exact) mass is 532 g/mol. The second kappa shape index (κ2) is 12.3. The first-order valence-electron chi connectivity index (χ1n) is 12.9. The van der Waals surface area contributed by atoms with Gasteiger partial charge in [0, 0.05) is 23.7 Å². The molecule has 0 radical (unpaired) electrons. The lowest BCUT2D eigenvalue weighted by molar-refractivity contribution is -0.140. The number of nitrogens with zero attached hydrogens (tertiary/aromatic N) is 2. The van der Waals surface area contributed by atoms with Gasteiger partial charge in [0.25, 0.3) is 11.7 Å². The van der Waals surface area contributed by atoms with Gasteiger partial charge in [-0.25, -0.2) is 0 Å². The number of aliphatic hydroxyl groups excluding tert-OH is 1. The number of benzene rings is 3. The van der Waals surface area contributed by atoms with E-state index in [1.165, 1.54) is 4.90 Å². The summed E-state index contributed by atoms with van der Waals surface area (Å²) in [6.45, 7) is 9.20. The molecule has 1 aliphatic rings. The lowest BCUT2D eigenvalue weighted by Crippen LogP contribution is -2.38. The standard InChI is InChI=1S/C31H33ClN2O4/c1-4-33(5-2)16-17-34-28(24-10-7-11-25(32)19-24)27(30(36)31(34)37)29(35)23-12-14-26(15-13-23)38-20-22-9-6-8-21(3)18-22/h6-15,18-19,28,35H,4-5,16-17,20H2,1-3H3/b29-27+/t28-/m1/s1. The van der Waals surface area contributed by atoms with Crippen molar-refractivity contribution >= 4 is 29.1 Å². The van der Waals surface area contributed by atoms with Crippen molar-refractivity contribution in [1.29, 1.82) is 0 Å². The predicted molar refractivity (Wildman–Crippen MR) is 150 cm³/mol. The molecule has 7 heteroatoms. The van der Waals surface area contributed by atoms with Crippen molar-refractivity contribution in [1.82, 2.24) is 9.80 Å². The molecule has 1 heterocycles. The van der Waals surface area contributed by atoms with E-state index in [4.69, 9.17) is 16.3 Å². The van der Waals surface area contributed by atoms with Crippen molar-refractivity contribution in [3.8, 4) is 5.75 Å². The molecule has 198 valence electrons. The lowest BCUT2D eigenvalue weighted by atomic mass is 9.95. The number of rotatable bonds is 10. The molecule has 0 spiro atoms. The summed E-state index contributed by atoms with van der Waals surface area (Å²) in [7, 11) is 0. The van der Waals surface area contributed by atoms with Crippen molar-refractivity contribution in [3.05, 3.63) is 106 Å². The number of likely N-dealkylation sites (N-methyl/N-ethyl adjacent to an activating group) is 1. The summed E-state index contributed by atoms with van der Waals surface area (Å²) in [5.41, 5.74) is 3.39. The SMILES string of the molecule is CCN(CC)CCN1C(=O)C(=O)/C(=C(/O)c2ccc(OCc3cccc(C)c3)cc2)[C@H]1c1cccc(Cl)c1. The van der Waals surface area contributed by atoms with Crippen LogP contribution >= 0.6 is 11.6 Å². The normalized spacial score (nSPS) is 16.9. The van der Waals surface area contributed by atoms with Gasteiger partial charge in [-0.1, -0.05) is 67.4 Å². The zero-order chi connectivity index (χ0) is 27.2. The second-order valence-electron chi connectivity index (χ2n) is 9.38. The predicted octanol–water partition coefficient (Wildman–Crippen LogP) is 5.99. The minimum Gasteiger partial charge on any atom is -0.507 e. The van der Waals surface area contributed by atoms with E-state index in [-0.39, 0.29) is 11.3 Å². The van der Waals surface area contributed by atoms with E-state index >= 15 is 0 Å². The number of halogens is 1. The summed E-state index contributed by atoms with van der Waals surface area (Å²) >= 11 is 6.27. The van der Waals surface area contributed by atoms with Crippen LogP contribution in [0.2, 0.25) is 5.02 Å². The van der Waals surface area contributed by atoms with Crippen molar-refractivity contribution in [2.24, 2.45) is 0 Å². The molecular formula is C31H33ClN2O4. The molecule has 1 fully saturated rings. The van der Waals surface area contributed by atoms with Gasteiger partial charge in [0.15, 0.2) is 0 Å². The van der Waals surface area contributed by atoms with Crippen molar-refractivity contribution in [2.45, 2.75) is 33.4 Å². The molecule has 1 saturated heterocycles. The number of ether oxygens (including phenoxy) is 1. The molecule has 0 unspecified atom stereocenters. The maximum Gasteiger partial charge on any atom is 0.295 e. The Kier molecular flexibility index (Phi) is 8.87. The second-order valence-corrected chi connectivity index (χ2v) is 9.81. The third-order valence-corrected chi connectivity index (χ3v) is 7.11. The molecule has 6 nitrogen and oxygen atoms in total. The number of likely N-dealkylation sites (tertiary alicyclic amines) is 1. The summed E-state index contributed by atoms with van der Waals surface area (Å²) in [6, 6.07) is 21.3. The number of carbonyl (C=O) groups is 2. The van der Waals surface area contributed by atoms with Gasteiger partial charge < -0.3 is 19.6 Å². The molecule has 3 aromatic carbocycles.